The normalized spacial score (nSPS) is 15.1. The molecule has 7 nitrogen and oxygen atoms in total. The van der Waals surface area contributed by atoms with Crippen molar-refractivity contribution in [3.63, 3.8) is 0 Å². The molecular formula is C21H32N2O5Si. The van der Waals surface area contributed by atoms with Crippen LogP contribution in [0.25, 0.3) is 0 Å². The Balaban J connectivity index is 2.27. The Morgan fingerprint density at radius 2 is 1.93 bits per heavy atom. The second kappa shape index (κ2) is 8.57. The molecule has 2 rings (SSSR count). The number of benzene rings is 1. The summed E-state index contributed by atoms with van der Waals surface area (Å²) in [6.07, 6.45) is 0.154. The number of nitrogens with two attached hydrogens (primary N) is 1. The van der Waals surface area contributed by atoms with Crippen LogP contribution in [0.1, 0.15) is 56.5 Å². The van der Waals surface area contributed by atoms with Crippen LogP contribution >= 0.6 is 0 Å². The second-order valence-corrected chi connectivity index (χ2v) is 13.6. The van der Waals surface area contributed by atoms with E-state index < -0.39 is 26.2 Å². The Kier molecular flexibility index (Phi) is 6.77. The van der Waals surface area contributed by atoms with E-state index in [0.717, 1.165) is 5.56 Å². The second-order valence-electron chi connectivity index (χ2n) is 8.84. The van der Waals surface area contributed by atoms with Crippen molar-refractivity contribution in [3.05, 3.63) is 29.3 Å². The van der Waals surface area contributed by atoms with Gasteiger partial charge < -0.3 is 19.8 Å². The van der Waals surface area contributed by atoms with Crippen LogP contribution in [0.4, 0.5) is 0 Å². The molecule has 1 aromatic rings. The third kappa shape index (κ3) is 4.98. The molecule has 0 bridgehead atoms. The summed E-state index contributed by atoms with van der Waals surface area (Å²) in [5.74, 6) is -0.640. The lowest BCUT2D eigenvalue weighted by molar-refractivity contribution is -0.143. The van der Waals surface area contributed by atoms with E-state index in [1.54, 1.807) is 19.1 Å². The summed E-state index contributed by atoms with van der Waals surface area (Å²) >= 11 is 0. The van der Waals surface area contributed by atoms with Crippen LogP contribution in [0.5, 0.6) is 5.75 Å². The number of fused-ring (bicyclic) bond motifs is 1. The molecule has 2 N–H and O–H groups in total. The lowest BCUT2D eigenvalue weighted by atomic mass is 10.1. The highest BCUT2D eigenvalue weighted by molar-refractivity contribution is 6.74. The predicted octanol–water partition coefficient (Wildman–Crippen LogP) is 3.22. The van der Waals surface area contributed by atoms with E-state index in [0.29, 0.717) is 11.3 Å². The van der Waals surface area contributed by atoms with Crippen molar-refractivity contribution in [2.24, 2.45) is 5.73 Å². The summed E-state index contributed by atoms with van der Waals surface area (Å²) < 4.78 is 11.4. The summed E-state index contributed by atoms with van der Waals surface area (Å²) in [4.78, 5) is 38.2. The van der Waals surface area contributed by atoms with E-state index in [1.165, 1.54) is 4.90 Å². The zero-order chi connectivity index (χ0) is 22.0. The highest BCUT2D eigenvalue weighted by atomic mass is 28.4. The minimum atomic E-state index is -2.10. The monoisotopic (exact) mass is 420 g/mol. The largest absolute Gasteiger partial charge is 0.543 e. The van der Waals surface area contributed by atoms with Gasteiger partial charge in [-0.05, 0) is 43.6 Å². The van der Waals surface area contributed by atoms with Gasteiger partial charge >= 0.3 is 5.97 Å². The molecule has 0 spiro atoms. The van der Waals surface area contributed by atoms with Gasteiger partial charge in [0.2, 0.25) is 14.2 Å². The van der Waals surface area contributed by atoms with E-state index in [9.17, 15) is 14.4 Å². The minimum absolute atomic E-state index is 0.00737. The van der Waals surface area contributed by atoms with Crippen molar-refractivity contribution in [1.29, 1.82) is 0 Å². The number of esters is 1. The molecule has 1 atom stereocenters. The molecule has 1 aliphatic rings. The number of ether oxygens (including phenoxy) is 1. The first-order valence-electron chi connectivity index (χ1n) is 9.96. The fourth-order valence-corrected chi connectivity index (χ4v) is 4.09. The number of rotatable bonds is 8. The molecule has 1 heterocycles. The predicted molar refractivity (Wildman–Crippen MR) is 113 cm³/mol. The number of nitrogens with zero attached hydrogens (tertiary/aromatic N) is 1. The van der Waals surface area contributed by atoms with E-state index in [4.69, 9.17) is 14.9 Å². The lowest BCUT2D eigenvalue weighted by Gasteiger charge is -2.37. The first-order chi connectivity index (χ1) is 13.4. The summed E-state index contributed by atoms with van der Waals surface area (Å²) in [6, 6.07) is 4.52. The lowest BCUT2D eigenvalue weighted by Crippen LogP contribution is -2.45. The Bertz CT molecular complexity index is 801. The fraction of sp³-hybridized carbons (Fsp3) is 0.571. The molecule has 8 heteroatoms. The molecular weight excluding hydrogens is 388 g/mol. The average molecular weight is 421 g/mol. The maximum Gasteiger partial charge on any atom is 0.305 e. The van der Waals surface area contributed by atoms with E-state index in [1.807, 2.05) is 6.07 Å². The summed E-state index contributed by atoms with van der Waals surface area (Å²) in [7, 11) is -2.10. The standard InChI is InChI=1S/C21H32N2O5Si/c1-7-27-18(24)12-11-16(19(22)25)23-13-15-14(20(23)26)9-8-10-17(15)28-29(5,6)21(2,3)4/h8-10,16H,7,11-13H2,1-6H3,(H2,22,25). The summed E-state index contributed by atoms with van der Waals surface area (Å²) in [6.45, 7) is 13.0. The van der Waals surface area contributed by atoms with Crippen LogP contribution < -0.4 is 10.2 Å². The van der Waals surface area contributed by atoms with Crippen LogP contribution in [-0.2, 0) is 20.9 Å². The molecule has 1 unspecified atom stereocenters. The maximum atomic E-state index is 13.0. The molecule has 29 heavy (non-hydrogen) atoms. The smallest absolute Gasteiger partial charge is 0.305 e. The molecule has 0 radical (unpaired) electrons. The number of hydrogen-bond acceptors (Lipinski definition) is 5. The van der Waals surface area contributed by atoms with Crippen molar-refractivity contribution < 1.29 is 23.5 Å². The molecule has 0 aliphatic carbocycles. The molecule has 0 fully saturated rings. The molecule has 2 amide bonds. The molecule has 1 aliphatic heterocycles. The SMILES string of the molecule is CCOC(=O)CCC(C(N)=O)N1Cc2c(O[Si](C)(C)C(C)(C)C)cccc2C1=O. The van der Waals surface area contributed by atoms with Gasteiger partial charge in [-0.25, -0.2) is 0 Å². The van der Waals surface area contributed by atoms with Crippen LogP contribution in [-0.4, -0.2) is 43.6 Å². The van der Waals surface area contributed by atoms with Gasteiger partial charge in [0.1, 0.15) is 11.8 Å². The van der Waals surface area contributed by atoms with Gasteiger partial charge in [0.05, 0.1) is 13.2 Å². The van der Waals surface area contributed by atoms with Crippen molar-refractivity contribution in [2.75, 3.05) is 6.61 Å². The first kappa shape index (κ1) is 22.9. The average Bonchev–Trinajstić information content (AvgIpc) is 2.92. The van der Waals surface area contributed by atoms with Crippen molar-refractivity contribution in [3.8, 4) is 5.75 Å². The van der Waals surface area contributed by atoms with E-state index in [-0.39, 0.29) is 36.9 Å². The highest BCUT2D eigenvalue weighted by Crippen LogP contribution is 2.40. The van der Waals surface area contributed by atoms with E-state index in [2.05, 4.69) is 33.9 Å². The molecule has 0 saturated heterocycles. The number of hydrogen-bond donors (Lipinski definition) is 1. The number of primary amides is 1. The summed E-state index contributed by atoms with van der Waals surface area (Å²) in [5, 5.41) is 0.00737. The molecule has 160 valence electrons. The Labute approximate surface area is 173 Å². The van der Waals surface area contributed by atoms with Crippen LogP contribution in [0, 0.1) is 0 Å². The quantitative estimate of drug-likeness (QED) is 0.514. The van der Waals surface area contributed by atoms with Crippen molar-refractivity contribution >= 4 is 26.1 Å². The number of carbonyl (C=O) groups is 3. The molecule has 0 aromatic heterocycles. The highest BCUT2D eigenvalue weighted by Gasteiger charge is 2.42. The van der Waals surface area contributed by atoms with Gasteiger partial charge in [0.15, 0.2) is 0 Å². The Morgan fingerprint density at radius 1 is 1.28 bits per heavy atom. The zero-order valence-electron chi connectivity index (χ0n) is 18.2. The van der Waals surface area contributed by atoms with Gasteiger partial charge in [0.25, 0.3) is 5.91 Å². The third-order valence-electron chi connectivity index (χ3n) is 5.76. The fourth-order valence-electron chi connectivity index (χ4n) is 3.04. The Hall–Kier alpha value is -2.35. The third-order valence-corrected chi connectivity index (χ3v) is 10.1. The van der Waals surface area contributed by atoms with Crippen molar-refractivity contribution in [2.45, 2.75) is 71.3 Å². The molecule has 1 aromatic carbocycles. The van der Waals surface area contributed by atoms with Crippen LogP contribution in [0.3, 0.4) is 0 Å². The zero-order valence-corrected chi connectivity index (χ0v) is 19.2. The van der Waals surface area contributed by atoms with Gasteiger partial charge in [0, 0.05) is 17.5 Å². The van der Waals surface area contributed by atoms with Crippen molar-refractivity contribution in [1.82, 2.24) is 4.90 Å². The van der Waals surface area contributed by atoms with Gasteiger partial charge in [-0.15, -0.1) is 0 Å². The summed E-state index contributed by atoms with van der Waals surface area (Å²) in [5.41, 5.74) is 6.85. The van der Waals surface area contributed by atoms with Gasteiger partial charge in [-0.1, -0.05) is 26.8 Å². The number of carbonyl (C=O) groups excluding carboxylic acids is 3. The van der Waals surface area contributed by atoms with Crippen LogP contribution in [0.15, 0.2) is 18.2 Å². The molecule has 0 saturated carbocycles. The number of amides is 2. The van der Waals surface area contributed by atoms with E-state index >= 15 is 0 Å². The van der Waals surface area contributed by atoms with Gasteiger partial charge in [-0.3, -0.25) is 14.4 Å². The van der Waals surface area contributed by atoms with Crippen LogP contribution in [0.2, 0.25) is 18.1 Å². The maximum absolute atomic E-state index is 13.0. The van der Waals surface area contributed by atoms with Gasteiger partial charge in [-0.2, -0.15) is 0 Å². The minimum Gasteiger partial charge on any atom is -0.543 e. The topological polar surface area (TPSA) is 98.9 Å². The first-order valence-corrected chi connectivity index (χ1v) is 12.9. The Morgan fingerprint density at radius 3 is 2.48 bits per heavy atom.